The van der Waals surface area contributed by atoms with Gasteiger partial charge in [-0.25, -0.2) is 15.2 Å². The van der Waals surface area contributed by atoms with Gasteiger partial charge in [0.2, 0.25) is 0 Å². The number of benzene rings is 1. The number of rotatable bonds is 10. The number of hydrogen-bond acceptors (Lipinski definition) is 13. The monoisotopic (exact) mass is 796 g/mol. The molecule has 4 heterocycles. The number of nitrogens with one attached hydrogen (secondary N) is 1. The highest BCUT2D eigenvalue weighted by molar-refractivity contribution is 6.00. The number of aromatic nitrogens is 1. The second-order valence-corrected chi connectivity index (χ2v) is 17.1. The third-order valence-corrected chi connectivity index (χ3v) is 12.7. The summed E-state index contributed by atoms with van der Waals surface area (Å²) in [7, 11) is 5.23. The van der Waals surface area contributed by atoms with E-state index < -0.39 is 83.4 Å². The van der Waals surface area contributed by atoms with Crippen molar-refractivity contribution in [2.75, 3.05) is 27.7 Å². The van der Waals surface area contributed by atoms with Crippen LogP contribution in [-0.4, -0.2) is 125 Å². The first-order valence-corrected chi connectivity index (χ1v) is 20.4. The number of aryl methyl sites for hydroxylation is 1. The van der Waals surface area contributed by atoms with E-state index >= 15 is 0 Å². The number of carbonyl (C=O) groups excluding carboxylic acids is 4. The molecule has 3 saturated heterocycles. The molecule has 3 aliphatic rings. The maximum atomic E-state index is 14.7. The Morgan fingerprint density at radius 2 is 1.72 bits per heavy atom. The highest BCUT2D eigenvalue weighted by Crippen LogP contribution is 2.42. The lowest BCUT2D eigenvalue weighted by atomic mass is 9.73. The number of pyridine rings is 1. The van der Waals surface area contributed by atoms with Crippen molar-refractivity contribution >= 4 is 34.5 Å². The normalized spacial score (nSPS) is 37.2. The molecule has 3 fully saturated rings. The van der Waals surface area contributed by atoms with Crippen LogP contribution in [0, 0.1) is 23.7 Å². The summed E-state index contributed by atoms with van der Waals surface area (Å²) < 4.78 is 31.1. The molecule has 0 saturated carbocycles. The Balaban J connectivity index is 1.47. The van der Waals surface area contributed by atoms with Crippen LogP contribution in [0.5, 0.6) is 0 Å². The van der Waals surface area contributed by atoms with Gasteiger partial charge in [0.25, 0.3) is 0 Å². The van der Waals surface area contributed by atoms with Crippen LogP contribution in [0.15, 0.2) is 36.5 Å². The summed E-state index contributed by atoms with van der Waals surface area (Å²) in [5, 5.41) is 13.9. The number of ketones is 2. The van der Waals surface area contributed by atoms with Gasteiger partial charge in [-0.05, 0) is 91.6 Å². The number of nitrogens with zero attached hydrogens (tertiary/aromatic N) is 3. The minimum atomic E-state index is -1.45. The van der Waals surface area contributed by atoms with E-state index in [1.807, 2.05) is 63.2 Å². The number of esters is 1. The number of methoxy groups -OCH3 is 1. The molecule has 3 aliphatic heterocycles. The number of likely N-dealkylation sites (N-methyl/N-ethyl adjacent to an activating group) is 1. The van der Waals surface area contributed by atoms with Gasteiger partial charge in [0.15, 0.2) is 17.7 Å². The first-order valence-electron chi connectivity index (χ1n) is 20.4. The van der Waals surface area contributed by atoms with Gasteiger partial charge in [0.1, 0.15) is 30.0 Å². The summed E-state index contributed by atoms with van der Waals surface area (Å²) in [5.41, 5.74) is 2.57. The lowest BCUT2D eigenvalue weighted by Crippen LogP contribution is -2.61. The molecular weight excluding hydrogens is 732 g/mol. The van der Waals surface area contributed by atoms with Crippen molar-refractivity contribution in [3.05, 3.63) is 42.1 Å². The van der Waals surface area contributed by atoms with Gasteiger partial charge in [0.05, 0.1) is 23.3 Å². The molecule has 5 rings (SSSR count). The molecule has 316 valence electrons. The van der Waals surface area contributed by atoms with Crippen LogP contribution in [0.1, 0.15) is 86.6 Å². The van der Waals surface area contributed by atoms with Crippen molar-refractivity contribution < 1.29 is 48.0 Å². The Hall–Kier alpha value is -3.53. The number of Topliss-reactive ketones (excluding diaryl/α,β-unsaturated/α-hetero) is 2. The summed E-state index contributed by atoms with van der Waals surface area (Å²) in [5.74, 6) is -5.08. The minimum absolute atomic E-state index is 0.117. The molecule has 13 atom stereocenters. The smallest absolute Gasteiger partial charge is 0.425 e. The summed E-state index contributed by atoms with van der Waals surface area (Å²) >= 11 is 0. The van der Waals surface area contributed by atoms with Gasteiger partial charge in [-0.1, -0.05) is 45.9 Å². The van der Waals surface area contributed by atoms with E-state index in [1.165, 1.54) is 19.0 Å². The van der Waals surface area contributed by atoms with E-state index in [9.17, 15) is 24.3 Å². The Morgan fingerprint density at radius 1 is 1.02 bits per heavy atom. The highest BCUT2D eigenvalue weighted by atomic mass is 16.7. The number of hydrazine groups is 1. The van der Waals surface area contributed by atoms with Crippen molar-refractivity contribution in [2.45, 2.75) is 141 Å². The van der Waals surface area contributed by atoms with Gasteiger partial charge < -0.3 is 33.7 Å². The number of hydrogen-bond donors (Lipinski definition) is 2. The van der Waals surface area contributed by atoms with E-state index in [1.54, 1.807) is 40.8 Å². The Morgan fingerprint density at radius 3 is 2.39 bits per heavy atom. The number of para-hydroxylation sites is 1. The SMILES string of the molecule is CC[C@@H]1OC(=O)[C@H](C)C(=O)[C@H](C)[C@@H](O[C@@H]2O[C@H](C)C[C@H](N(C)C)[C@H]2O)[C@](C)(OC)C[C@@H](C)C(=O)[C@@H](C)[C@H]2N(NCCCc3ccnc4ccccc34)C(=O)O[C@]12C. The number of aliphatic hydroxyl groups excluding tert-OH is 1. The van der Waals surface area contributed by atoms with E-state index in [4.69, 9.17) is 23.7 Å². The summed E-state index contributed by atoms with van der Waals surface area (Å²) in [6.07, 6.45) is -1.07. The van der Waals surface area contributed by atoms with Crippen molar-refractivity contribution in [1.82, 2.24) is 20.3 Å². The van der Waals surface area contributed by atoms with Crippen LogP contribution in [0.3, 0.4) is 0 Å². The fourth-order valence-corrected chi connectivity index (χ4v) is 9.38. The molecule has 1 aromatic carbocycles. The molecule has 1 aromatic heterocycles. The number of amides is 1. The van der Waals surface area contributed by atoms with E-state index in [0.717, 1.165) is 16.5 Å². The highest BCUT2D eigenvalue weighted by Gasteiger charge is 2.61. The maximum Gasteiger partial charge on any atom is 0.425 e. The van der Waals surface area contributed by atoms with Gasteiger partial charge in [-0.2, -0.15) is 0 Å². The molecule has 0 spiro atoms. The molecule has 14 heteroatoms. The average Bonchev–Trinajstić information content (AvgIpc) is 3.45. The first-order chi connectivity index (χ1) is 26.9. The standard InChI is InChI=1S/C43H64N4O10/c1-12-33-43(8)37(47(41(52)57-43)45-20-15-16-29-19-21-44-31-18-14-13-17-30(29)31)26(4)34(48)24(2)23-42(7,53-11)38(27(5)35(49)28(6)39(51)55-33)56-40-36(50)32(46(9)10)22-25(3)54-40/h13-14,17-19,21,24-28,32-33,36-38,40,45,50H,12,15-16,20,22-23H2,1-11H3/t24-,25-,26-,27+,28-,32+,33+,36-,37-,38-,40+,42-,43-/m1/s1. The average molecular weight is 797 g/mol. The number of ether oxygens (including phenoxy) is 5. The minimum Gasteiger partial charge on any atom is -0.458 e. The topological polar surface area (TPSA) is 166 Å². The van der Waals surface area contributed by atoms with Gasteiger partial charge in [0, 0.05) is 49.0 Å². The molecule has 0 radical (unpaired) electrons. The fourth-order valence-electron chi connectivity index (χ4n) is 9.38. The van der Waals surface area contributed by atoms with Gasteiger partial charge in [-0.3, -0.25) is 19.4 Å². The predicted molar refractivity (Wildman–Crippen MR) is 213 cm³/mol. The van der Waals surface area contributed by atoms with Crippen molar-refractivity contribution in [3.63, 3.8) is 0 Å². The van der Waals surface area contributed by atoms with Crippen LogP contribution in [0.4, 0.5) is 4.79 Å². The van der Waals surface area contributed by atoms with Crippen LogP contribution in [0.2, 0.25) is 0 Å². The van der Waals surface area contributed by atoms with Crippen molar-refractivity contribution in [2.24, 2.45) is 23.7 Å². The zero-order valence-corrected chi connectivity index (χ0v) is 35.5. The van der Waals surface area contributed by atoms with Crippen molar-refractivity contribution in [3.8, 4) is 0 Å². The van der Waals surface area contributed by atoms with Crippen LogP contribution < -0.4 is 5.43 Å². The molecule has 57 heavy (non-hydrogen) atoms. The number of carbonyl (C=O) groups is 4. The molecule has 2 N–H and O–H groups in total. The third-order valence-electron chi connectivity index (χ3n) is 12.7. The molecule has 1 amide bonds. The summed E-state index contributed by atoms with van der Waals surface area (Å²) in [6, 6.07) is 8.76. The lowest BCUT2D eigenvalue weighted by molar-refractivity contribution is -0.295. The third kappa shape index (κ3) is 9.06. The molecular formula is C43H64N4O10. The molecule has 0 aliphatic carbocycles. The van der Waals surface area contributed by atoms with Crippen molar-refractivity contribution in [1.29, 1.82) is 0 Å². The molecule has 0 bridgehead atoms. The van der Waals surface area contributed by atoms with Crippen LogP contribution in [-0.2, 0) is 44.5 Å². The van der Waals surface area contributed by atoms with Gasteiger partial charge in [-0.15, -0.1) is 0 Å². The van der Waals surface area contributed by atoms with E-state index in [2.05, 4.69) is 10.4 Å². The Kier molecular flexibility index (Phi) is 14.2. The second-order valence-electron chi connectivity index (χ2n) is 17.1. The number of aliphatic hydroxyl groups is 1. The molecule has 0 unspecified atom stereocenters. The maximum absolute atomic E-state index is 14.7. The summed E-state index contributed by atoms with van der Waals surface area (Å²) in [6.45, 7) is 14.3. The Bertz CT molecular complexity index is 1750. The predicted octanol–water partition coefficient (Wildman–Crippen LogP) is 4.88. The van der Waals surface area contributed by atoms with Crippen LogP contribution >= 0.6 is 0 Å². The zero-order chi connectivity index (χ0) is 42.0. The lowest BCUT2D eigenvalue weighted by Gasteiger charge is -2.47. The largest absolute Gasteiger partial charge is 0.458 e. The quantitative estimate of drug-likeness (QED) is 0.190. The van der Waals surface area contributed by atoms with E-state index in [-0.39, 0.29) is 30.8 Å². The Labute approximate surface area is 337 Å². The van der Waals surface area contributed by atoms with E-state index in [0.29, 0.717) is 25.8 Å². The zero-order valence-electron chi connectivity index (χ0n) is 35.5. The fraction of sp³-hybridized carbons (Fsp3) is 0.698. The summed E-state index contributed by atoms with van der Waals surface area (Å²) in [4.78, 5) is 63.1. The molecule has 14 nitrogen and oxygen atoms in total. The first kappa shape index (κ1) is 44.6. The van der Waals surface area contributed by atoms with Crippen LogP contribution in [0.25, 0.3) is 10.9 Å². The van der Waals surface area contributed by atoms with Gasteiger partial charge >= 0.3 is 12.1 Å². The number of fused-ring (bicyclic) bond motifs is 2. The number of cyclic esters (lactones) is 1. The molecule has 2 aromatic rings. The second kappa shape index (κ2) is 18.2.